The molecular weight excluding hydrogens is 477 g/mol. The lowest BCUT2D eigenvalue weighted by molar-refractivity contribution is 0.0228. The Bertz CT molecular complexity index is 1210. The summed E-state index contributed by atoms with van der Waals surface area (Å²) < 4.78 is 18.8. The number of carbonyl (C=O) groups is 1. The first kappa shape index (κ1) is 27.4. The smallest absolute Gasteiger partial charge is 0.341 e. The topological polar surface area (TPSA) is 64.1 Å². The average Bonchev–Trinajstić information content (AvgIpc) is 3.24. The molecule has 1 atom stereocenters. The molecule has 1 aromatic heterocycles. The van der Waals surface area contributed by atoms with Gasteiger partial charge >= 0.3 is 5.97 Å². The molecule has 200 valence electrons. The first-order valence-electron chi connectivity index (χ1n) is 13.7. The number of rotatable bonds is 12. The van der Waals surface area contributed by atoms with Crippen molar-refractivity contribution in [3.8, 4) is 11.5 Å². The van der Waals surface area contributed by atoms with Crippen molar-refractivity contribution in [2.45, 2.75) is 47.0 Å². The molecule has 1 aliphatic heterocycles. The third-order valence-corrected chi connectivity index (χ3v) is 7.15. The molecule has 7 nitrogen and oxygen atoms in total. The van der Waals surface area contributed by atoms with Crippen molar-refractivity contribution in [3.05, 3.63) is 77.1 Å². The molecule has 0 N–H and O–H groups in total. The fraction of sp³-hybridized carbons (Fsp3) is 0.400. The van der Waals surface area contributed by atoms with Crippen LogP contribution in [0.25, 0.3) is 0 Å². The summed E-state index contributed by atoms with van der Waals surface area (Å²) in [6.07, 6.45) is 1.70. The first-order chi connectivity index (χ1) is 18.5. The second-order valence-corrected chi connectivity index (χ2v) is 9.04. The molecule has 0 bridgehead atoms. The number of hydrogen-bond donors (Lipinski definition) is 0. The summed E-state index contributed by atoms with van der Waals surface area (Å²) in [6.45, 7) is 16.0. The largest absolute Gasteiger partial charge is 0.493 e. The van der Waals surface area contributed by atoms with Crippen LogP contribution in [-0.2, 0) is 10.3 Å². The monoisotopic (exact) mass is 515 g/mol. The van der Waals surface area contributed by atoms with Gasteiger partial charge in [0.1, 0.15) is 17.2 Å². The van der Waals surface area contributed by atoms with Crippen LogP contribution in [-0.4, -0.2) is 51.2 Å². The Balaban J connectivity index is 2.04. The van der Waals surface area contributed by atoms with Gasteiger partial charge < -0.3 is 23.9 Å². The van der Waals surface area contributed by atoms with Crippen molar-refractivity contribution in [2.75, 3.05) is 42.6 Å². The van der Waals surface area contributed by atoms with Gasteiger partial charge in [-0.1, -0.05) is 6.82 Å². The lowest BCUT2D eigenvalue weighted by Crippen LogP contribution is -2.32. The van der Waals surface area contributed by atoms with Crippen molar-refractivity contribution in [3.63, 3.8) is 0 Å². The number of carbonyl (C=O) groups excluding carboxylic acids is 1. The van der Waals surface area contributed by atoms with Gasteiger partial charge in [-0.15, -0.1) is 0 Å². The zero-order valence-electron chi connectivity index (χ0n) is 23.4. The number of esters is 1. The first-order valence-corrected chi connectivity index (χ1v) is 13.7. The maximum atomic E-state index is 13.3. The highest BCUT2D eigenvalue weighted by Crippen LogP contribution is 2.52. The molecule has 0 aliphatic carbocycles. The number of aromatic nitrogens is 1. The zero-order valence-corrected chi connectivity index (χ0v) is 23.4. The van der Waals surface area contributed by atoms with Crippen LogP contribution in [0, 0.1) is 0 Å². The van der Waals surface area contributed by atoms with Crippen molar-refractivity contribution in [1.29, 1.82) is 0 Å². The number of nitrogens with zero attached hydrogens (tertiary/aromatic N) is 3. The summed E-state index contributed by atoms with van der Waals surface area (Å²) in [7, 11) is 0.868. The van der Waals surface area contributed by atoms with Gasteiger partial charge in [-0.2, -0.15) is 0 Å². The predicted molar refractivity (Wildman–Crippen MR) is 154 cm³/mol. The molecule has 0 saturated carbocycles. The van der Waals surface area contributed by atoms with Crippen LogP contribution in [0.15, 0.2) is 54.7 Å². The lowest BCUT2D eigenvalue weighted by atomic mass is 9.81. The molecule has 2 heterocycles. The van der Waals surface area contributed by atoms with Crippen LogP contribution in [0.4, 0.5) is 11.4 Å². The summed E-state index contributed by atoms with van der Waals surface area (Å²) in [5.41, 5.74) is 3.19. The minimum absolute atomic E-state index is 0.418. The lowest BCUT2D eigenvalue weighted by Gasteiger charge is -2.33. The van der Waals surface area contributed by atoms with Crippen molar-refractivity contribution < 1.29 is 19.0 Å². The van der Waals surface area contributed by atoms with Crippen molar-refractivity contribution in [1.82, 2.24) is 4.98 Å². The average molecular weight is 515 g/mol. The molecule has 8 heteroatoms. The second-order valence-electron chi connectivity index (χ2n) is 9.04. The minimum Gasteiger partial charge on any atom is -0.493 e. The number of anilines is 2. The molecule has 1 aliphatic rings. The normalized spacial score (nSPS) is 16.0. The quantitative estimate of drug-likeness (QED) is 0.236. The van der Waals surface area contributed by atoms with Crippen LogP contribution in [0.1, 0.15) is 61.8 Å². The maximum absolute atomic E-state index is 13.3. The van der Waals surface area contributed by atoms with Gasteiger partial charge in [0.05, 0.1) is 18.8 Å². The van der Waals surface area contributed by atoms with Crippen LogP contribution in [0.2, 0.25) is 6.82 Å². The molecule has 0 fully saturated rings. The van der Waals surface area contributed by atoms with Crippen LogP contribution < -0.4 is 19.2 Å². The highest BCUT2D eigenvalue weighted by Gasteiger charge is 2.53. The summed E-state index contributed by atoms with van der Waals surface area (Å²) in [6, 6.07) is 15.7. The van der Waals surface area contributed by atoms with E-state index < -0.39 is 11.6 Å². The van der Waals surface area contributed by atoms with Gasteiger partial charge in [-0.05, 0) is 71.0 Å². The fourth-order valence-corrected chi connectivity index (χ4v) is 5.33. The van der Waals surface area contributed by atoms with E-state index in [0.717, 1.165) is 49.6 Å². The Morgan fingerprint density at radius 3 is 2.03 bits per heavy atom. The highest BCUT2D eigenvalue weighted by molar-refractivity contribution is 6.39. The van der Waals surface area contributed by atoms with Gasteiger partial charge in [-0.25, -0.2) is 4.79 Å². The molecule has 0 saturated heterocycles. The van der Waals surface area contributed by atoms with E-state index in [1.807, 2.05) is 38.1 Å². The Hall–Kier alpha value is -3.68. The number of benzene rings is 2. The van der Waals surface area contributed by atoms with E-state index in [1.54, 1.807) is 18.3 Å². The van der Waals surface area contributed by atoms with Crippen LogP contribution in [0.5, 0.6) is 11.5 Å². The molecule has 38 heavy (non-hydrogen) atoms. The summed E-state index contributed by atoms with van der Waals surface area (Å²) in [5.74, 6) is 0.885. The predicted octanol–water partition coefficient (Wildman–Crippen LogP) is 5.41. The van der Waals surface area contributed by atoms with Gasteiger partial charge in [0.15, 0.2) is 0 Å². The van der Waals surface area contributed by atoms with Crippen LogP contribution in [0.3, 0.4) is 0 Å². The summed E-state index contributed by atoms with van der Waals surface area (Å²) in [4.78, 5) is 22.6. The van der Waals surface area contributed by atoms with E-state index in [9.17, 15) is 4.79 Å². The van der Waals surface area contributed by atoms with Gasteiger partial charge in [-0.3, -0.25) is 4.98 Å². The Morgan fingerprint density at radius 2 is 1.47 bits per heavy atom. The minimum atomic E-state index is -1.33. The van der Waals surface area contributed by atoms with E-state index in [0.29, 0.717) is 36.0 Å². The number of cyclic esters (lactones) is 1. The fourth-order valence-electron chi connectivity index (χ4n) is 5.33. The molecule has 0 amide bonds. The van der Waals surface area contributed by atoms with E-state index in [1.165, 1.54) is 0 Å². The van der Waals surface area contributed by atoms with E-state index in [2.05, 4.69) is 49.4 Å². The van der Waals surface area contributed by atoms with Gasteiger partial charge in [0.25, 0.3) is 0 Å². The Kier molecular flexibility index (Phi) is 8.50. The number of hydrogen-bond acceptors (Lipinski definition) is 7. The molecular formula is C30H38BN3O4. The summed E-state index contributed by atoms with van der Waals surface area (Å²) in [5, 5.41) is 0. The van der Waals surface area contributed by atoms with Crippen molar-refractivity contribution >= 4 is 24.8 Å². The standard InChI is InChI=1S/C30H38BN3O4/c1-7-33(8-2)21-14-16-24(26(19-21)36-10-4)30(28-23(29(35)38-30)13-12-18-32-28)25-17-15-22(34(9-3)31-6)20-27(25)37-11-5/h12-20,31H,7-11H2,1-6H3. The molecule has 0 radical (unpaired) electrons. The Morgan fingerprint density at radius 1 is 0.868 bits per heavy atom. The number of ether oxygens (including phenoxy) is 3. The van der Waals surface area contributed by atoms with Crippen LogP contribution >= 0.6 is 0 Å². The molecule has 1 unspecified atom stereocenters. The second kappa shape index (κ2) is 11.8. The summed E-state index contributed by atoms with van der Waals surface area (Å²) >= 11 is 0. The van der Waals surface area contributed by atoms with E-state index >= 15 is 0 Å². The number of fused-ring (bicyclic) bond motifs is 1. The van der Waals surface area contributed by atoms with Crippen molar-refractivity contribution in [2.24, 2.45) is 0 Å². The molecule has 3 aromatic rings. The molecule has 0 spiro atoms. The number of pyridine rings is 1. The zero-order chi connectivity index (χ0) is 27.3. The molecule has 4 rings (SSSR count). The third kappa shape index (κ3) is 4.68. The van der Waals surface area contributed by atoms with E-state index in [4.69, 9.17) is 19.2 Å². The van der Waals surface area contributed by atoms with E-state index in [-0.39, 0.29) is 0 Å². The van der Waals surface area contributed by atoms with Gasteiger partial charge in [0.2, 0.25) is 13.0 Å². The van der Waals surface area contributed by atoms with Gasteiger partial charge in [0, 0.05) is 60.5 Å². The highest BCUT2D eigenvalue weighted by atomic mass is 16.6. The SMILES string of the molecule is CBN(CC)c1ccc(C2(c3ccc(N(CC)CC)cc3OCC)OC(=O)c3cccnc32)c(OCC)c1. The molecule has 2 aromatic carbocycles. The third-order valence-electron chi connectivity index (χ3n) is 7.15. The maximum Gasteiger partial charge on any atom is 0.341 e. The Labute approximate surface area is 227 Å².